The Kier molecular flexibility index (Phi) is 3.24. The monoisotopic (exact) mass is 253 g/mol. The molecule has 1 unspecified atom stereocenters. The number of nitro groups is 1. The molecule has 0 aromatic heterocycles. The number of carbonyl (C=O) groups excluding carboxylic acids is 1. The SMILES string of the molecule is CNC1CCN(c2ccc(F)c([N+](=O)[O-])c2)C1=O. The van der Waals surface area contributed by atoms with Crippen molar-refractivity contribution in [3.05, 3.63) is 34.1 Å². The van der Waals surface area contributed by atoms with Crippen molar-refractivity contribution in [2.24, 2.45) is 0 Å². The van der Waals surface area contributed by atoms with Gasteiger partial charge in [-0.2, -0.15) is 4.39 Å². The fourth-order valence-electron chi connectivity index (χ4n) is 2.01. The van der Waals surface area contributed by atoms with E-state index in [0.29, 0.717) is 18.7 Å². The number of rotatable bonds is 3. The summed E-state index contributed by atoms with van der Waals surface area (Å²) >= 11 is 0. The highest BCUT2D eigenvalue weighted by molar-refractivity contribution is 5.99. The van der Waals surface area contributed by atoms with Crippen LogP contribution in [-0.2, 0) is 4.79 Å². The van der Waals surface area contributed by atoms with Crippen molar-refractivity contribution < 1.29 is 14.1 Å². The second-order valence-electron chi connectivity index (χ2n) is 4.01. The number of likely N-dealkylation sites (N-methyl/N-ethyl adjacent to an activating group) is 1. The Morgan fingerprint density at radius 2 is 2.28 bits per heavy atom. The van der Waals surface area contributed by atoms with Gasteiger partial charge in [0.2, 0.25) is 11.7 Å². The number of amides is 1. The normalized spacial score (nSPS) is 19.3. The minimum Gasteiger partial charge on any atom is -0.311 e. The summed E-state index contributed by atoms with van der Waals surface area (Å²) in [6, 6.07) is 3.19. The van der Waals surface area contributed by atoms with Gasteiger partial charge in [0.15, 0.2) is 0 Å². The maximum absolute atomic E-state index is 13.2. The quantitative estimate of drug-likeness (QED) is 0.645. The van der Waals surface area contributed by atoms with Gasteiger partial charge in [0.25, 0.3) is 0 Å². The standard InChI is InChI=1S/C11H12FN3O3/c1-13-9-4-5-14(11(9)16)7-2-3-8(12)10(6-7)15(17)18/h2-3,6,9,13H,4-5H2,1H3. The van der Waals surface area contributed by atoms with Crippen molar-refractivity contribution in [3.8, 4) is 0 Å². The minimum atomic E-state index is -0.902. The van der Waals surface area contributed by atoms with Gasteiger partial charge >= 0.3 is 5.69 Å². The molecule has 0 bridgehead atoms. The highest BCUT2D eigenvalue weighted by Crippen LogP contribution is 2.27. The third-order valence-corrected chi connectivity index (χ3v) is 2.99. The zero-order valence-corrected chi connectivity index (χ0v) is 9.72. The zero-order valence-electron chi connectivity index (χ0n) is 9.72. The van der Waals surface area contributed by atoms with Crippen LogP contribution >= 0.6 is 0 Å². The van der Waals surface area contributed by atoms with Gasteiger partial charge in [-0.05, 0) is 25.6 Å². The van der Waals surface area contributed by atoms with E-state index in [-0.39, 0.29) is 11.9 Å². The van der Waals surface area contributed by atoms with Crippen molar-refractivity contribution in [2.75, 3.05) is 18.5 Å². The van der Waals surface area contributed by atoms with E-state index < -0.39 is 16.4 Å². The molecule has 7 heteroatoms. The molecule has 1 saturated heterocycles. The average molecular weight is 253 g/mol. The molecule has 1 amide bonds. The summed E-state index contributed by atoms with van der Waals surface area (Å²) in [4.78, 5) is 23.2. The number of hydrogen-bond donors (Lipinski definition) is 1. The first kappa shape index (κ1) is 12.4. The number of nitrogens with one attached hydrogen (secondary N) is 1. The van der Waals surface area contributed by atoms with Crippen LogP contribution in [0.3, 0.4) is 0 Å². The Bertz CT molecular complexity index is 506. The third-order valence-electron chi connectivity index (χ3n) is 2.99. The van der Waals surface area contributed by atoms with Gasteiger partial charge in [0.05, 0.1) is 16.7 Å². The maximum atomic E-state index is 13.2. The second kappa shape index (κ2) is 4.69. The predicted octanol–water partition coefficient (Wildman–Crippen LogP) is 1.06. The molecule has 1 aliphatic heterocycles. The number of anilines is 1. The molecule has 0 spiro atoms. The molecule has 0 radical (unpaired) electrons. The van der Waals surface area contributed by atoms with Gasteiger partial charge in [0, 0.05) is 12.6 Å². The summed E-state index contributed by atoms with van der Waals surface area (Å²) in [5, 5.41) is 13.5. The molecule has 96 valence electrons. The summed E-state index contributed by atoms with van der Waals surface area (Å²) in [5.41, 5.74) is -0.265. The van der Waals surface area contributed by atoms with Crippen LogP contribution in [0.15, 0.2) is 18.2 Å². The molecule has 1 heterocycles. The lowest BCUT2D eigenvalue weighted by atomic mass is 10.2. The Hall–Kier alpha value is -2.02. The molecular weight excluding hydrogens is 241 g/mol. The number of halogens is 1. The lowest BCUT2D eigenvalue weighted by molar-refractivity contribution is -0.387. The maximum Gasteiger partial charge on any atom is 0.306 e. The molecule has 1 atom stereocenters. The van der Waals surface area contributed by atoms with Gasteiger partial charge in [0.1, 0.15) is 0 Å². The average Bonchev–Trinajstić information content (AvgIpc) is 2.71. The number of benzene rings is 1. The number of hydrogen-bond acceptors (Lipinski definition) is 4. The first-order valence-electron chi connectivity index (χ1n) is 5.47. The van der Waals surface area contributed by atoms with Gasteiger partial charge in [-0.25, -0.2) is 0 Å². The molecule has 6 nitrogen and oxygen atoms in total. The van der Waals surface area contributed by atoms with Crippen molar-refractivity contribution in [2.45, 2.75) is 12.5 Å². The molecule has 1 N–H and O–H groups in total. The first-order valence-corrected chi connectivity index (χ1v) is 5.47. The van der Waals surface area contributed by atoms with Crippen LogP contribution in [0.25, 0.3) is 0 Å². The van der Waals surface area contributed by atoms with Crippen LogP contribution in [-0.4, -0.2) is 30.5 Å². The van der Waals surface area contributed by atoms with E-state index in [1.807, 2.05) is 0 Å². The molecule has 1 aromatic rings. The molecule has 1 fully saturated rings. The summed E-state index contributed by atoms with van der Waals surface area (Å²) in [6.07, 6.45) is 0.626. The van der Waals surface area contributed by atoms with Crippen molar-refractivity contribution in [1.82, 2.24) is 5.32 Å². The summed E-state index contributed by atoms with van der Waals surface area (Å²) in [5.74, 6) is -1.06. The van der Waals surface area contributed by atoms with Crippen LogP contribution in [0.2, 0.25) is 0 Å². The Labute approximate surface area is 103 Å². The Morgan fingerprint density at radius 1 is 1.56 bits per heavy atom. The highest BCUT2D eigenvalue weighted by Gasteiger charge is 2.32. The van der Waals surface area contributed by atoms with E-state index in [1.54, 1.807) is 7.05 Å². The van der Waals surface area contributed by atoms with E-state index in [0.717, 1.165) is 12.1 Å². The van der Waals surface area contributed by atoms with Crippen LogP contribution in [0.5, 0.6) is 0 Å². The first-order chi connectivity index (χ1) is 8.54. The largest absolute Gasteiger partial charge is 0.311 e. The summed E-state index contributed by atoms with van der Waals surface area (Å²) < 4.78 is 13.2. The molecule has 1 aromatic carbocycles. The van der Waals surface area contributed by atoms with Crippen LogP contribution in [0.4, 0.5) is 15.8 Å². The molecular formula is C11H12FN3O3. The van der Waals surface area contributed by atoms with Crippen molar-refractivity contribution >= 4 is 17.3 Å². The van der Waals surface area contributed by atoms with Gasteiger partial charge in [-0.3, -0.25) is 14.9 Å². The van der Waals surface area contributed by atoms with E-state index >= 15 is 0 Å². The van der Waals surface area contributed by atoms with E-state index in [4.69, 9.17) is 0 Å². The fraction of sp³-hybridized carbons (Fsp3) is 0.364. The van der Waals surface area contributed by atoms with Crippen LogP contribution < -0.4 is 10.2 Å². The summed E-state index contributed by atoms with van der Waals surface area (Å²) in [6.45, 7) is 0.465. The van der Waals surface area contributed by atoms with Crippen molar-refractivity contribution in [3.63, 3.8) is 0 Å². The topological polar surface area (TPSA) is 75.5 Å². The van der Waals surface area contributed by atoms with E-state index in [9.17, 15) is 19.3 Å². The van der Waals surface area contributed by atoms with Gasteiger partial charge in [-0.15, -0.1) is 0 Å². The Morgan fingerprint density at radius 3 is 2.83 bits per heavy atom. The fourth-order valence-corrected chi connectivity index (χ4v) is 2.01. The molecule has 18 heavy (non-hydrogen) atoms. The lowest BCUT2D eigenvalue weighted by Crippen LogP contribution is -2.36. The number of nitrogens with zero attached hydrogens (tertiary/aromatic N) is 2. The summed E-state index contributed by atoms with van der Waals surface area (Å²) in [7, 11) is 1.68. The predicted molar refractivity (Wildman–Crippen MR) is 62.9 cm³/mol. The molecule has 0 saturated carbocycles. The minimum absolute atomic E-state index is 0.154. The second-order valence-corrected chi connectivity index (χ2v) is 4.01. The molecule has 2 rings (SSSR count). The molecule has 1 aliphatic rings. The van der Waals surface area contributed by atoms with Crippen LogP contribution in [0, 0.1) is 15.9 Å². The van der Waals surface area contributed by atoms with Crippen molar-refractivity contribution in [1.29, 1.82) is 0 Å². The lowest BCUT2D eigenvalue weighted by Gasteiger charge is -2.16. The molecule has 0 aliphatic carbocycles. The number of nitro benzene ring substituents is 1. The van der Waals surface area contributed by atoms with Gasteiger partial charge in [-0.1, -0.05) is 0 Å². The van der Waals surface area contributed by atoms with Crippen LogP contribution in [0.1, 0.15) is 6.42 Å². The number of carbonyl (C=O) groups is 1. The van der Waals surface area contributed by atoms with E-state index in [2.05, 4.69) is 5.32 Å². The zero-order chi connectivity index (χ0) is 13.3. The highest BCUT2D eigenvalue weighted by atomic mass is 19.1. The third kappa shape index (κ3) is 2.04. The smallest absolute Gasteiger partial charge is 0.306 e. The van der Waals surface area contributed by atoms with E-state index in [1.165, 1.54) is 11.0 Å². The Balaban J connectivity index is 2.33. The van der Waals surface area contributed by atoms with Gasteiger partial charge < -0.3 is 10.2 Å².